The molecule has 0 atom stereocenters. The third-order valence-electron chi connectivity index (χ3n) is 4.78. The second kappa shape index (κ2) is 5.43. The van der Waals surface area contributed by atoms with Crippen molar-refractivity contribution in [2.75, 3.05) is 11.9 Å². The highest BCUT2D eigenvalue weighted by Gasteiger charge is 2.25. The van der Waals surface area contributed by atoms with Crippen molar-refractivity contribution in [3.8, 4) is 0 Å². The van der Waals surface area contributed by atoms with Crippen molar-refractivity contribution in [1.82, 2.24) is 4.98 Å². The average molecular weight is 272 g/mol. The number of nitrogen functional groups attached to an aromatic ring is 1. The first-order valence-corrected chi connectivity index (χ1v) is 7.77. The Hall–Kier alpha value is -1.58. The predicted octanol–water partition coefficient (Wildman–Crippen LogP) is 2.62. The number of nitrogens with two attached hydrogens (primary N) is 1. The van der Waals surface area contributed by atoms with Crippen molar-refractivity contribution in [2.45, 2.75) is 57.4 Å². The van der Waals surface area contributed by atoms with Gasteiger partial charge in [-0.25, -0.2) is 4.98 Å². The van der Waals surface area contributed by atoms with Crippen LogP contribution in [-0.2, 0) is 12.8 Å². The molecule has 0 spiro atoms. The van der Waals surface area contributed by atoms with E-state index in [4.69, 9.17) is 16.1 Å². The molecule has 4 nitrogen and oxygen atoms in total. The van der Waals surface area contributed by atoms with Gasteiger partial charge in [0.2, 0.25) is 0 Å². The van der Waals surface area contributed by atoms with Gasteiger partial charge in [-0.05, 0) is 50.2 Å². The Morgan fingerprint density at radius 1 is 1.25 bits per heavy atom. The second-order valence-electron chi connectivity index (χ2n) is 6.14. The van der Waals surface area contributed by atoms with E-state index in [-0.39, 0.29) is 5.84 Å². The van der Waals surface area contributed by atoms with E-state index in [1.165, 1.54) is 49.8 Å². The Kier molecular flexibility index (Phi) is 3.64. The molecule has 0 unspecified atom stereocenters. The van der Waals surface area contributed by atoms with Gasteiger partial charge < -0.3 is 10.6 Å². The van der Waals surface area contributed by atoms with E-state index in [0.717, 1.165) is 24.2 Å². The summed E-state index contributed by atoms with van der Waals surface area (Å²) < 4.78 is 0. The lowest BCUT2D eigenvalue weighted by Crippen LogP contribution is -2.32. The third-order valence-corrected chi connectivity index (χ3v) is 4.78. The van der Waals surface area contributed by atoms with Gasteiger partial charge >= 0.3 is 0 Å². The second-order valence-corrected chi connectivity index (χ2v) is 6.14. The van der Waals surface area contributed by atoms with Crippen molar-refractivity contribution in [3.05, 3.63) is 22.9 Å². The van der Waals surface area contributed by atoms with Gasteiger partial charge in [0.05, 0.1) is 5.56 Å². The first-order valence-electron chi connectivity index (χ1n) is 7.77. The lowest BCUT2D eigenvalue weighted by atomic mass is 9.94. The van der Waals surface area contributed by atoms with Gasteiger partial charge in [-0.15, -0.1) is 0 Å². The Balaban J connectivity index is 2.00. The zero-order valence-electron chi connectivity index (χ0n) is 12.3. The molecule has 0 radical (unpaired) electrons. The Morgan fingerprint density at radius 2 is 1.95 bits per heavy atom. The fourth-order valence-corrected chi connectivity index (χ4v) is 3.55. The molecule has 4 heteroatoms. The van der Waals surface area contributed by atoms with Gasteiger partial charge in [0.15, 0.2) is 0 Å². The fraction of sp³-hybridized carbons (Fsp3) is 0.625. The number of nitrogens with one attached hydrogen (secondary N) is 1. The van der Waals surface area contributed by atoms with Crippen LogP contribution in [0.4, 0.5) is 5.82 Å². The molecule has 1 aromatic rings. The van der Waals surface area contributed by atoms with E-state index < -0.39 is 0 Å². The Labute approximate surface area is 120 Å². The van der Waals surface area contributed by atoms with Gasteiger partial charge in [-0.1, -0.05) is 12.8 Å². The summed E-state index contributed by atoms with van der Waals surface area (Å²) >= 11 is 0. The summed E-state index contributed by atoms with van der Waals surface area (Å²) in [6.07, 6.45) is 9.66. The summed E-state index contributed by atoms with van der Waals surface area (Å²) in [5.41, 5.74) is 9.14. The zero-order chi connectivity index (χ0) is 14.1. The van der Waals surface area contributed by atoms with Gasteiger partial charge in [-0.3, -0.25) is 5.41 Å². The van der Waals surface area contributed by atoms with E-state index in [0.29, 0.717) is 6.04 Å². The minimum absolute atomic E-state index is 0.144. The number of rotatable bonds is 3. The normalized spacial score (nSPS) is 18.9. The standard InChI is InChI=1S/C16H24N4/c1-20(12-7-3-4-8-12)16-13(15(17)18)10-11-6-2-5-9-14(11)19-16/h10,12H,2-9H2,1H3,(H3,17,18). The molecule has 0 bridgehead atoms. The molecule has 2 aliphatic carbocycles. The molecule has 3 rings (SSSR count). The maximum Gasteiger partial charge on any atom is 0.139 e. The van der Waals surface area contributed by atoms with E-state index in [1.807, 2.05) is 0 Å². The Morgan fingerprint density at radius 3 is 2.65 bits per heavy atom. The number of nitrogens with zero attached hydrogens (tertiary/aromatic N) is 2. The highest BCUT2D eigenvalue weighted by atomic mass is 15.2. The summed E-state index contributed by atoms with van der Waals surface area (Å²) in [6, 6.07) is 2.67. The van der Waals surface area contributed by atoms with Crippen LogP contribution in [0.5, 0.6) is 0 Å². The zero-order valence-corrected chi connectivity index (χ0v) is 12.3. The van der Waals surface area contributed by atoms with Crippen molar-refractivity contribution in [3.63, 3.8) is 0 Å². The third kappa shape index (κ3) is 2.39. The molecule has 2 aliphatic rings. The van der Waals surface area contributed by atoms with Crippen LogP contribution >= 0.6 is 0 Å². The fourth-order valence-electron chi connectivity index (χ4n) is 3.55. The number of hydrogen-bond donors (Lipinski definition) is 2. The number of pyridine rings is 1. The number of hydrogen-bond acceptors (Lipinski definition) is 3. The molecule has 20 heavy (non-hydrogen) atoms. The number of amidine groups is 1. The van der Waals surface area contributed by atoms with E-state index >= 15 is 0 Å². The summed E-state index contributed by atoms with van der Waals surface area (Å²) in [5, 5.41) is 7.87. The van der Waals surface area contributed by atoms with Crippen LogP contribution in [0.2, 0.25) is 0 Å². The minimum atomic E-state index is 0.144. The van der Waals surface area contributed by atoms with E-state index in [9.17, 15) is 0 Å². The monoisotopic (exact) mass is 272 g/mol. The number of anilines is 1. The topological polar surface area (TPSA) is 66.0 Å². The van der Waals surface area contributed by atoms with Crippen LogP contribution in [0.25, 0.3) is 0 Å². The summed E-state index contributed by atoms with van der Waals surface area (Å²) in [6.45, 7) is 0. The molecule has 0 aliphatic heterocycles. The molecule has 0 amide bonds. The molecule has 1 fully saturated rings. The van der Waals surface area contributed by atoms with Crippen LogP contribution in [-0.4, -0.2) is 23.9 Å². The predicted molar refractivity (Wildman–Crippen MR) is 82.6 cm³/mol. The van der Waals surface area contributed by atoms with Gasteiger partial charge in [0, 0.05) is 18.8 Å². The van der Waals surface area contributed by atoms with Crippen LogP contribution in [0, 0.1) is 5.41 Å². The summed E-state index contributed by atoms with van der Waals surface area (Å²) in [4.78, 5) is 7.15. The molecular formula is C16H24N4. The molecule has 1 heterocycles. The molecule has 108 valence electrons. The van der Waals surface area contributed by atoms with Crippen LogP contribution in [0.15, 0.2) is 6.07 Å². The number of fused-ring (bicyclic) bond motifs is 1. The van der Waals surface area contributed by atoms with Crippen LogP contribution < -0.4 is 10.6 Å². The minimum Gasteiger partial charge on any atom is -0.384 e. The molecule has 1 saturated carbocycles. The van der Waals surface area contributed by atoms with E-state index in [2.05, 4.69) is 18.0 Å². The highest BCUT2D eigenvalue weighted by Crippen LogP contribution is 2.31. The molecule has 0 saturated heterocycles. The van der Waals surface area contributed by atoms with Crippen molar-refractivity contribution in [1.29, 1.82) is 5.41 Å². The lowest BCUT2D eigenvalue weighted by molar-refractivity contribution is 0.633. The van der Waals surface area contributed by atoms with Gasteiger partial charge in [0.1, 0.15) is 11.7 Å². The van der Waals surface area contributed by atoms with Crippen molar-refractivity contribution in [2.24, 2.45) is 5.73 Å². The largest absolute Gasteiger partial charge is 0.384 e. The first-order chi connectivity index (χ1) is 9.66. The highest BCUT2D eigenvalue weighted by molar-refractivity contribution is 5.99. The van der Waals surface area contributed by atoms with Gasteiger partial charge in [-0.2, -0.15) is 0 Å². The van der Waals surface area contributed by atoms with Crippen LogP contribution in [0.1, 0.15) is 55.3 Å². The van der Waals surface area contributed by atoms with Crippen LogP contribution in [0.3, 0.4) is 0 Å². The molecular weight excluding hydrogens is 248 g/mol. The lowest BCUT2D eigenvalue weighted by Gasteiger charge is -2.29. The van der Waals surface area contributed by atoms with Crippen molar-refractivity contribution >= 4 is 11.7 Å². The van der Waals surface area contributed by atoms with Crippen molar-refractivity contribution < 1.29 is 0 Å². The maximum atomic E-state index is 7.87. The maximum absolute atomic E-state index is 7.87. The average Bonchev–Trinajstić information content (AvgIpc) is 2.99. The summed E-state index contributed by atoms with van der Waals surface area (Å²) in [7, 11) is 2.11. The molecule has 0 aromatic carbocycles. The quantitative estimate of drug-likeness (QED) is 0.656. The SMILES string of the molecule is CN(c1nc2c(cc1C(=N)N)CCCC2)C1CCCC1. The molecule has 1 aromatic heterocycles. The first kappa shape index (κ1) is 13.4. The number of aromatic nitrogens is 1. The Bertz CT molecular complexity index is 517. The van der Waals surface area contributed by atoms with Gasteiger partial charge in [0.25, 0.3) is 0 Å². The molecule has 3 N–H and O–H groups in total. The smallest absolute Gasteiger partial charge is 0.139 e. The summed E-state index contributed by atoms with van der Waals surface area (Å²) in [5.74, 6) is 1.07. The number of aryl methyl sites for hydroxylation is 2. The van der Waals surface area contributed by atoms with E-state index in [1.54, 1.807) is 0 Å².